The van der Waals surface area contributed by atoms with Crippen LogP contribution in [0.1, 0.15) is 45.4 Å². The van der Waals surface area contributed by atoms with E-state index in [9.17, 15) is 5.11 Å². The molecule has 1 saturated carbocycles. The molecule has 0 saturated heterocycles. The molecule has 1 fully saturated rings. The molecular formula is C12H25NOS. The Bertz CT molecular complexity index is 158. The fraction of sp³-hybridized carbons (Fsp3) is 1.00. The van der Waals surface area contributed by atoms with Gasteiger partial charge in [-0.1, -0.05) is 26.2 Å². The molecule has 0 radical (unpaired) electrons. The average molecular weight is 231 g/mol. The van der Waals surface area contributed by atoms with E-state index in [2.05, 4.69) is 12.2 Å². The maximum atomic E-state index is 9.48. The van der Waals surface area contributed by atoms with Gasteiger partial charge in [-0.25, -0.2) is 0 Å². The monoisotopic (exact) mass is 231 g/mol. The zero-order valence-electron chi connectivity index (χ0n) is 9.93. The molecule has 0 aromatic heterocycles. The minimum Gasteiger partial charge on any atom is -0.394 e. The summed E-state index contributed by atoms with van der Waals surface area (Å²) >= 11 is 2.00. The SMILES string of the molecule is CCSCCCNC1(CO)CCCCC1. The van der Waals surface area contributed by atoms with Crippen LogP contribution in [0.25, 0.3) is 0 Å². The van der Waals surface area contributed by atoms with Crippen LogP contribution >= 0.6 is 11.8 Å². The summed E-state index contributed by atoms with van der Waals surface area (Å²) in [6.07, 6.45) is 7.43. The summed E-state index contributed by atoms with van der Waals surface area (Å²) in [5, 5.41) is 13.1. The van der Waals surface area contributed by atoms with Crippen molar-refractivity contribution >= 4 is 11.8 Å². The number of nitrogens with one attached hydrogen (secondary N) is 1. The molecule has 0 amide bonds. The third-order valence-electron chi connectivity index (χ3n) is 3.28. The van der Waals surface area contributed by atoms with E-state index in [0.29, 0.717) is 6.61 Å². The smallest absolute Gasteiger partial charge is 0.0613 e. The van der Waals surface area contributed by atoms with Gasteiger partial charge in [0.2, 0.25) is 0 Å². The van der Waals surface area contributed by atoms with Crippen molar-refractivity contribution in [2.24, 2.45) is 0 Å². The Kier molecular flexibility index (Phi) is 6.69. The van der Waals surface area contributed by atoms with Crippen molar-refractivity contribution < 1.29 is 5.11 Å². The average Bonchev–Trinajstić information content (AvgIpc) is 2.30. The Balaban J connectivity index is 2.15. The standard InChI is InChI=1S/C12H25NOS/c1-2-15-10-6-9-13-12(11-14)7-4-3-5-8-12/h13-14H,2-11H2,1H3. The van der Waals surface area contributed by atoms with Crippen LogP contribution in [-0.4, -0.2) is 35.3 Å². The lowest BCUT2D eigenvalue weighted by Crippen LogP contribution is -2.50. The van der Waals surface area contributed by atoms with Gasteiger partial charge in [-0.2, -0.15) is 11.8 Å². The second kappa shape index (κ2) is 7.53. The molecule has 1 rings (SSSR count). The molecule has 0 bridgehead atoms. The zero-order valence-corrected chi connectivity index (χ0v) is 10.7. The van der Waals surface area contributed by atoms with Crippen LogP contribution in [0.2, 0.25) is 0 Å². The van der Waals surface area contributed by atoms with Gasteiger partial charge >= 0.3 is 0 Å². The minimum atomic E-state index is 0.0646. The first kappa shape index (κ1) is 13.3. The lowest BCUT2D eigenvalue weighted by atomic mass is 9.82. The second-order valence-corrected chi connectivity index (χ2v) is 5.87. The molecule has 0 atom stereocenters. The van der Waals surface area contributed by atoms with Crippen LogP contribution in [0.4, 0.5) is 0 Å². The Morgan fingerprint density at radius 1 is 1.27 bits per heavy atom. The molecule has 0 aliphatic heterocycles. The number of aliphatic hydroxyl groups is 1. The summed E-state index contributed by atoms with van der Waals surface area (Å²) in [5.41, 5.74) is 0.0646. The summed E-state index contributed by atoms with van der Waals surface area (Å²) in [5.74, 6) is 2.45. The lowest BCUT2D eigenvalue weighted by molar-refractivity contribution is 0.121. The van der Waals surface area contributed by atoms with Crippen molar-refractivity contribution in [3.8, 4) is 0 Å². The van der Waals surface area contributed by atoms with Crippen molar-refractivity contribution in [3.05, 3.63) is 0 Å². The van der Waals surface area contributed by atoms with Gasteiger partial charge in [0.25, 0.3) is 0 Å². The summed E-state index contributed by atoms with van der Waals surface area (Å²) in [6, 6.07) is 0. The number of aliphatic hydroxyl groups excluding tert-OH is 1. The molecule has 90 valence electrons. The van der Waals surface area contributed by atoms with E-state index in [1.807, 2.05) is 11.8 Å². The molecule has 0 aromatic carbocycles. The summed E-state index contributed by atoms with van der Waals surface area (Å²) in [6.45, 7) is 3.58. The Hall–Kier alpha value is 0.270. The summed E-state index contributed by atoms with van der Waals surface area (Å²) < 4.78 is 0. The van der Waals surface area contributed by atoms with E-state index in [1.165, 1.54) is 37.2 Å². The van der Waals surface area contributed by atoms with Gasteiger partial charge < -0.3 is 10.4 Å². The van der Waals surface area contributed by atoms with Gasteiger partial charge in [-0.3, -0.25) is 0 Å². The maximum absolute atomic E-state index is 9.48. The fourth-order valence-corrected chi connectivity index (χ4v) is 2.93. The van der Waals surface area contributed by atoms with Crippen LogP contribution in [0.5, 0.6) is 0 Å². The van der Waals surface area contributed by atoms with Crippen molar-refractivity contribution in [1.29, 1.82) is 0 Å². The fourth-order valence-electron chi connectivity index (χ4n) is 2.29. The number of hydrogen-bond donors (Lipinski definition) is 2. The first-order valence-electron chi connectivity index (χ1n) is 6.26. The quantitative estimate of drug-likeness (QED) is 0.660. The maximum Gasteiger partial charge on any atom is 0.0613 e. The highest BCUT2D eigenvalue weighted by Gasteiger charge is 2.30. The van der Waals surface area contributed by atoms with Crippen LogP contribution in [0.3, 0.4) is 0 Å². The topological polar surface area (TPSA) is 32.3 Å². The first-order chi connectivity index (χ1) is 7.33. The van der Waals surface area contributed by atoms with Gasteiger partial charge in [0, 0.05) is 5.54 Å². The molecule has 0 heterocycles. The number of hydrogen-bond acceptors (Lipinski definition) is 3. The van der Waals surface area contributed by atoms with Gasteiger partial charge in [-0.15, -0.1) is 0 Å². The van der Waals surface area contributed by atoms with Crippen molar-refractivity contribution in [3.63, 3.8) is 0 Å². The minimum absolute atomic E-state index is 0.0646. The van der Waals surface area contributed by atoms with Crippen molar-refractivity contribution in [2.45, 2.75) is 51.0 Å². The van der Waals surface area contributed by atoms with Crippen LogP contribution in [0.15, 0.2) is 0 Å². The molecule has 0 unspecified atom stereocenters. The predicted molar refractivity (Wildman–Crippen MR) is 68.5 cm³/mol. The van der Waals surface area contributed by atoms with E-state index in [1.54, 1.807) is 0 Å². The molecule has 0 aromatic rings. The Labute approximate surface area is 98.2 Å². The number of thioether (sulfide) groups is 1. The van der Waals surface area contributed by atoms with E-state index in [0.717, 1.165) is 19.4 Å². The Morgan fingerprint density at radius 3 is 2.60 bits per heavy atom. The highest BCUT2D eigenvalue weighted by molar-refractivity contribution is 7.99. The second-order valence-electron chi connectivity index (χ2n) is 4.48. The summed E-state index contributed by atoms with van der Waals surface area (Å²) in [4.78, 5) is 0. The van der Waals surface area contributed by atoms with Gasteiger partial charge in [-0.05, 0) is 37.3 Å². The van der Waals surface area contributed by atoms with Gasteiger partial charge in [0.1, 0.15) is 0 Å². The molecule has 0 spiro atoms. The molecule has 2 nitrogen and oxygen atoms in total. The van der Waals surface area contributed by atoms with Crippen LogP contribution in [0, 0.1) is 0 Å². The van der Waals surface area contributed by atoms with Gasteiger partial charge in [0.15, 0.2) is 0 Å². The third kappa shape index (κ3) is 4.75. The van der Waals surface area contributed by atoms with E-state index in [-0.39, 0.29) is 5.54 Å². The Morgan fingerprint density at radius 2 is 2.00 bits per heavy atom. The van der Waals surface area contributed by atoms with Crippen molar-refractivity contribution in [2.75, 3.05) is 24.7 Å². The third-order valence-corrected chi connectivity index (χ3v) is 4.27. The molecule has 15 heavy (non-hydrogen) atoms. The molecule has 3 heteroatoms. The molecule has 1 aliphatic rings. The highest BCUT2D eigenvalue weighted by atomic mass is 32.2. The van der Waals surface area contributed by atoms with Gasteiger partial charge in [0.05, 0.1) is 6.61 Å². The lowest BCUT2D eigenvalue weighted by Gasteiger charge is -2.36. The molecular weight excluding hydrogens is 206 g/mol. The largest absolute Gasteiger partial charge is 0.394 e. The first-order valence-corrected chi connectivity index (χ1v) is 7.42. The molecule has 1 aliphatic carbocycles. The summed E-state index contributed by atoms with van der Waals surface area (Å²) in [7, 11) is 0. The highest BCUT2D eigenvalue weighted by Crippen LogP contribution is 2.27. The van der Waals surface area contributed by atoms with Crippen molar-refractivity contribution in [1.82, 2.24) is 5.32 Å². The number of rotatable bonds is 7. The normalized spacial score (nSPS) is 20.4. The predicted octanol–water partition coefficient (Wildman–Crippen LogP) is 2.41. The zero-order chi connectivity index (χ0) is 11.0. The van der Waals surface area contributed by atoms with Crippen LogP contribution < -0.4 is 5.32 Å². The van der Waals surface area contributed by atoms with E-state index >= 15 is 0 Å². The van der Waals surface area contributed by atoms with E-state index < -0.39 is 0 Å². The van der Waals surface area contributed by atoms with E-state index in [4.69, 9.17) is 0 Å². The van der Waals surface area contributed by atoms with Crippen LogP contribution in [-0.2, 0) is 0 Å². The molecule has 2 N–H and O–H groups in total.